The van der Waals surface area contributed by atoms with Gasteiger partial charge in [-0.05, 0) is 35.1 Å². The van der Waals surface area contributed by atoms with E-state index in [9.17, 15) is 80.0 Å². The van der Waals surface area contributed by atoms with Crippen molar-refractivity contribution in [2.45, 2.75) is 56.6 Å². The first-order valence-electron chi connectivity index (χ1n) is 9.71. The fraction of sp³-hybridized carbons (Fsp3) is 0.889. The average molecular weight is 660 g/mol. The molecule has 0 aliphatic rings. The van der Waals surface area contributed by atoms with Gasteiger partial charge >= 0.3 is 18.5 Å². The predicted octanol–water partition coefficient (Wildman–Crippen LogP) is 8.14. The molecule has 4 nitrogen and oxygen atoms in total. The highest BCUT2D eigenvalue weighted by Crippen LogP contribution is 2.16. The van der Waals surface area contributed by atoms with Gasteiger partial charge in [0.2, 0.25) is 13.9 Å². The first kappa shape index (κ1) is 51.2. The third-order valence-corrected chi connectivity index (χ3v) is 5.06. The molecule has 0 heterocycles. The van der Waals surface area contributed by atoms with E-state index in [1.165, 1.54) is 0 Å². The van der Waals surface area contributed by atoms with Gasteiger partial charge < -0.3 is 9.53 Å². The monoisotopic (exact) mass is 660 g/mol. The lowest BCUT2D eigenvalue weighted by Crippen LogP contribution is -2.33. The van der Waals surface area contributed by atoms with Crippen LogP contribution in [0.3, 0.4) is 0 Å². The van der Waals surface area contributed by atoms with Gasteiger partial charge in [0, 0.05) is 13.0 Å². The zero-order valence-electron chi connectivity index (χ0n) is 21.0. The normalized spacial score (nSPS) is 12.5. The van der Waals surface area contributed by atoms with Crippen molar-refractivity contribution in [1.29, 1.82) is 0 Å². The van der Waals surface area contributed by atoms with Crippen molar-refractivity contribution < 1.29 is 94.3 Å². The van der Waals surface area contributed by atoms with Gasteiger partial charge in [-0.3, -0.25) is 4.39 Å². The van der Waals surface area contributed by atoms with E-state index in [4.69, 9.17) is 10.8 Å². The minimum atomic E-state index is -4.62. The number of terminal acetylenes is 1. The van der Waals surface area contributed by atoms with E-state index in [1.807, 2.05) is 13.1 Å². The molecule has 0 aliphatic carbocycles. The van der Waals surface area contributed by atoms with Crippen molar-refractivity contribution in [3.8, 4) is 12.3 Å². The Morgan fingerprint density at radius 2 is 1.02 bits per heavy atom. The molecule has 0 spiro atoms. The molecule has 0 rings (SSSR count). The SMILES string of the molecule is C#CC(C)(O)CCO[Si](C)(C)CCF.FCC(F)(F)F.FCF.FCF.FOCC(F)(F)F.FOCC(F)(F)F. The largest absolute Gasteiger partial charge is 0.417 e. The lowest BCUT2D eigenvalue weighted by molar-refractivity contribution is -0.245. The van der Waals surface area contributed by atoms with E-state index in [-0.39, 0.29) is 6.67 Å². The molecule has 1 N–H and O–H groups in total. The Bertz CT molecular complexity index is 532. The molecule has 0 amide bonds. The molecule has 0 aliphatic heterocycles. The van der Waals surface area contributed by atoms with Crippen LogP contribution < -0.4 is 0 Å². The van der Waals surface area contributed by atoms with E-state index in [1.54, 1.807) is 6.92 Å². The Morgan fingerprint density at radius 3 is 1.18 bits per heavy atom. The summed E-state index contributed by atoms with van der Waals surface area (Å²) in [6.45, 7) is -3.84. The second-order valence-electron chi connectivity index (χ2n) is 6.90. The molecule has 0 saturated heterocycles. The number of halogens is 17. The molecule has 40 heavy (non-hydrogen) atoms. The minimum Gasteiger partial charge on any atom is -0.417 e. The maximum absolute atomic E-state index is 12.1. The number of aliphatic hydroxyl groups is 1. The molecular formula is C18H29F17O4Si. The quantitative estimate of drug-likeness (QED) is 0.162. The standard InChI is InChI=1S/C10H19FO2Si.2C2H2F4O.C2H2F4.2CH2F2/c1-5-10(2,12)6-8-13-14(3,4)9-7-11;2*3-2(4,5)1-7-6;3-1-2(4,5)6;2*2-1-3/h1,12H,6-9H2,2-4H3;2*1H2;1H2;2*1H2. The van der Waals surface area contributed by atoms with Crippen LogP contribution in [0.4, 0.5) is 74.9 Å². The molecule has 0 radical (unpaired) electrons. The van der Waals surface area contributed by atoms with Crippen molar-refractivity contribution in [2.75, 3.05) is 47.0 Å². The number of alkyl halides is 15. The Hall–Kier alpha value is -1.57. The first-order valence-corrected chi connectivity index (χ1v) is 12.8. The molecule has 0 fully saturated rings. The second kappa shape index (κ2) is 28.9. The summed E-state index contributed by atoms with van der Waals surface area (Å²) in [5.74, 6) is 2.28. The fourth-order valence-corrected chi connectivity index (χ4v) is 2.28. The molecule has 1 atom stereocenters. The van der Waals surface area contributed by atoms with Gasteiger partial charge in [-0.25, -0.2) is 22.0 Å². The van der Waals surface area contributed by atoms with Crippen LogP contribution in [0, 0.1) is 12.3 Å². The molecule has 22 heteroatoms. The summed E-state index contributed by atoms with van der Waals surface area (Å²) in [6.07, 6.45) is -8.21. The highest BCUT2D eigenvalue weighted by molar-refractivity contribution is 6.71. The lowest BCUT2D eigenvalue weighted by atomic mass is 10.1. The third-order valence-electron chi connectivity index (χ3n) is 2.68. The van der Waals surface area contributed by atoms with Gasteiger partial charge in [0.05, 0.1) is 6.67 Å². The van der Waals surface area contributed by atoms with Crippen LogP contribution in [0.25, 0.3) is 0 Å². The van der Waals surface area contributed by atoms with Gasteiger partial charge in [0.25, 0.3) is 0 Å². The first-order chi connectivity index (χ1) is 17.8. The summed E-state index contributed by atoms with van der Waals surface area (Å²) in [5.41, 5.74) is -1.11. The summed E-state index contributed by atoms with van der Waals surface area (Å²) < 4.78 is 182. The third kappa shape index (κ3) is 76.6. The van der Waals surface area contributed by atoms with Gasteiger partial charge in [-0.15, -0.1) is 6.42 Å². The van der Waals surface area contributed by atoms with Crippen LogP contribution in [-0.2, 0) is 14.3 Å². The van der Waals surface area contributed by atoms with Crippen LogP contribution in [0.1, 0.15) is 13.3 Å². The summed E-state index contributed by atoms with van der Waals surface area (Å²) in [7, 11) is -1.87. The lowest BCUT2D eigenvalue weighted by Gasteiger charge is -2.24. The Balaban J connectivity index is -0.0000000951. The summed E-state index contributed by atoms with van der Waals surface area (Å²) in [4.78, 5) is 4.56. The van der Waals surface area contributed by atoms with Crippen LogP contribution in [-0.4, -0.2) is 84.6 Å². The predicted molar refractivity (Wildman–Crippen MR) is 111 cm³/mol. The number of rotatable bonds is 8. The van der Waals surface area contributed by atoms with Gasteiger partial charge in [-0.1, -0.05) is 5.92 Å². The van der Waals surface area contributed by atoms with E-state index in [0.717, 1.165) is 0 Å². The Morgan fingerprint density at radius 1 is 0.725 bits per heavy atom. The highest BCUT2D eigenvalue weighted by atomic mass is 28.4. The molecular weight excluding hydrogens is 631 g/mol. The molecule has 0 aromatic rings. The Kier molecular flexibility index (Phi) is 37.0. The van der Waals surface area contributed by atoms with Crippen molar-refractivity contribution in [1.82, 2.24) is 0 Å². The van der Waals surface area contributed by atoms with E-state index in [0.29, 0.717) is 19.1 Å². The van der Waals surface area contributed by atoms with Gasteiger partial charge in [0.15, 0.2) is 28.2 Å². The molecule has 0 bridgehead atoms. The van der Waals surface area contributed by atoms with Crippen LogP contribution in [0.5, 0.6) is 0 Å². The highest BCUT2D eigenvalue weighted by Gasteiger charge is 2.28. The van der Waals surface area contributed by atoms with Crippen molar-refractivity contribution in [3.05, 3.63) is 0 Å². The van der Waals surface area contributed by atoms with E-state index < -0.39 is 66.2 Å². The second-order valence-corrected chi connectivity index (χ2v) is 11.2. The van der Waals surface area contributed by atoms with Crippen LogP contribution >= 0.6 is 0 Å². The maximum Gasteiger partial charge on any atom is 0.416 e. The van der Waals surface area contributed by atoms with Crippen molar-refractivity contribution in [3.63, 3.8) is 0 Å². The van der Waals surface area contributed by atoms with Gasteiger partial charge in [-0.2, -0.15) is 49.4 Å². The zero-order chi connectivity index (χ0) is 33.7. The fourth-order valence-electron chi connectivity index (χ4n) is 1.02. The number of hydrogen-bond donors (Lipinski definition) is 1. The zero-order valence-corrected chi connectivity index (χ0v) is 22.0. The summed E-state index contributed by atoms with van der Waals surface area (Å²) >= 11 is 0. The van der Waals surface area contributed by atoms with Crippen LogP contribution in [0.15, 0.2) is 0 Å². The number of hydrogen-bond acceptors (Lipinski definition) is 4. The average Bonchev–Trinajstić information content (AvgIpc) is 2.74. The van der Waals surface area contributed by atoms with Crippen molar-refractivity contribution >= 4 is 8.32 Å². The molecule has 0 aromatic heterocycles. The summed E-state index contributed by atoms with van der Waals surface area (Å²) in [6, 6.07) is 0.491. The van der Waals surface area contributed by atoms with Gasteiger partial charge in [0.1, 0.15) is 5.60 Å². The Labute approximate surface area is 219 Å². The maximum atomic E-state index is 12.1. The van der Waals surface area contributed by atoms with Crippen molar-refractivity contribution in [2.24, 2.45) is 0 Å². The minimum absolute atomic E-state index is 0.343. The summed E-state index contributed by atoms with van der Waals surface area (Å²) in [5, 5.41) is 9.48. The molecule has 1 unspecified atom stereocenters. The molecule has 0 aromatic carbocycles. The smallest absolute Gasteiger partial charge is 0.416 e. The van der Waals surface area contributed by atoms with Crippen LogP contribution in [0.2, 0.25) is 19.1 Å². The molecule has 0 saturated carbocycles. The van der Waals surface area contributed by atoms with E-state index in [2.05, 4.69) is 15.8 Å². The van der Waals surface area contributed by atoms with E-state index >= 15 is 0 Å². The molecule has 248 valence electrons. The topological polar surface area (TPSA) is 47.9 Å².